The Kier molecular flexibility index (Phi) is 6.72. The molecule has 108 valence electrons. The molecule has 0 aromatic carbocycles. The zero-order chi connectivity index (χ0) is 14.1. The maximum atomic E-state index is 11.6. The summed E-state index contributed by atoms with van der Waals surface area (Å²) in [5.41, 5.74) is -0.181. The molecule has 0 aliphatic heterocycles. The van der Waals surface area contributed by atoms with Gasteiger partial charge in [0.2, 0.25) is 0 Å². The lowest BCUT2D eigenvalue weighted by molar-refractivity contribution is 0.00309. The number of carbonyl (C=O) groups is 1. The van der Waals surface area contributed by atoms with Crippen LogP contribution in [-0.2, 0) is 0 Å². The molecule has 0 spiro atoms. The molecule has 4 nitrogen and oxygen atoms in total. The van der Waals surface area contributed by atoms with E-state index in [2.05, 4.69) is 16.6 Å². The van der Waals surface area contributed by atoms with Gasteiger partial charge in [-0.25, -0.2) is 4.79 Å². The van der Waals surface area contributed by atoms with Crippen LogP contribution < -0.4 is 10.6 Å². The van der Waals surface area contributed by atoms with E-state index in [1.165, 1.54) is 0 Å². The fraction of sp³-hybridized carbons (Fsp3) is 0.800. The first-order valence-corrected chi connectivity index (χ1v) is 7.22. The molecule has 2 amide bonds. The molecule has 1 fully saturated rings. The maximum Gasteiger partial charge on any atom is 0.314 e. The zero-order valence-corrected chi connectivity index (χ0v) is 11.9. The van der Waals surface area contributed by atoms with Crippen molar-refractivity contribution < 1.29 is 9.90 Å². The molecule has 3 N–H and O–H groups in total. The molecule has 0 bridgehead atoms. The number of terminal acetylenes is 1. The van der Waals surface area contributed by atoms with Gasteiger partial charge in [0.15, 0.2) is 0 Å². The average Bonchev–Trinajstić information content (AvgIpc) is 2.40. The van der Waals surface area contributed by atoms with Crippen molar-refractivity contribution in [2.45, 2.75) is 58.0 Å². The Morgan fingerprint density at radius 1 is 1.42 bits per heavy atom. The number of carbonyl (C=O) groups excluding carboxylic acids is 1. The first kappa shape index (κ1) is 15.8. The number of urea groups is 1. The van der Waals surface area contributed by atoms with Crippen molar-refractivity contribution in [3.05, 3.63) is 0 Å². The van der Waals surface area contributed by atoms with Crippen molar-refractivity contribution in [1.82, 2.24) is 10.6 Å². The summed E-state index contributed by atoms with van der Waals surface area (Å²) in [5.74, 6) is 2.58. The van der Waals surface area contributed by atoms with Crippen LogP contribution in [0.1, 0.15) is 51.9 Å². The van der Waals surface area contributed by atoms with Gasteiger partial charge in [0.25, 0.3) is 0 Å². The van der Waals surface area contributed by atoms with Gasteiger partial charge in [0.1, 0.15) is 0 Å². The Bertz CT molecular complexity index is 325. The lowest BCUT2D eigenvalue weighted by atomic mass is 9.73. The van der Waals surface area contributed by atoms with Gasteiger partial charge >= 0.3 is 6.03 Å². The highest BCUT2D eigenvalue weighted by molar-refractivity contribution is 5.73. The Morgan fingerprint density at radius 2 is 2.21 bits per heavy atom. The van der Waals surface area contributed by atoms with E-state index in [9.17, 15) is 9.90 Å². The van der Waals surface area contributed by atoms with E-state index in [4.69, 9.17) is 6.42 Å². The van der Waals surface area contributed by atoms with Crippen LogP contribution in [-0.4, -0.2) is 30.3 Å². The lowest BCUT2D eigenvalue weighted by Gasteiger charge is -2.38. The summed E-state index contributed by atoms with van der Waals surface area (Å²) in [6, 6.07) is -0.153. The summed E-state index contributed by atoms with van der Waals surface area (Å²) < 4.78 is 0. The normalized spacial score (nSPS) is 26.5. The van der Waals surface area contributed by atoms with E-state index in [0.29, 0.717) is 13.1 Å². The van der Waals surface area contributed by atoms with Crippen molar-refractivity contribution in [2.75, 3.05) is 13.1 Å². The number of rotatable bonds is 6. The number of nitrogens with one attached hydrogen (secondary N) is 2. The molecule has 1 saturated carbocycles. The molecule has 0 saturated heterocycles. The van der Waals surface area contributed by atoms with Gasteiger partial charge in [-0.3, -0.25) is 0 Å². The number of aliphatic hydroxyl groups is 1. The van der Waals surface area contributed by atoms with E-state index >= 15 is 0 Å². The molecule has 0 aromatic heterocycles. The van der Waals surface area contributed by atoms with Gasteiger partial charge in [-0.1, -0.05) is 19.8 Å². The quantitative estimate of drug-likeness (QED) is 0.509. The molecule has 0 radical (unpaired) electrons. The predicted molar refractivity (Wildman–Crippen MR) is 76.7 cm³/mol. The predicted octanol–water partition coefficient (Wildman–Crippen LogP) is 2.03. The second-order valence-electron chi connectivity index (χ2n) is 5.69. The van der Waals surface area contributed by atoms with Gasteiger partial charge < -0.3 is 15.7 Å². The number of hydrogen-bond donors (Lipinski definition) is 3. The van der Waals surface area contributed by atoms with Crippen LogP contribution in [0.25, 0.3) is 0 Å². The van der Waals surface area contributed by atoms with Crippen molar-refractivity contribution >= 4 is 6.03 Å². The molecule has 2 unspecified atom stereocenters. The monoisotopic (exact) mass is 266 g/mol. The van der Waals surface area contributed by atoms with E-state index in [0.717, 1.165) is 44.9 Å². The van der Waals surface area contributed by atoms with Gasteiger partial charge in [-0.2, -0.15) is 0 Å². The van der Waals surface area contributed by atoms with Gasteiger partial charge in [0.05, 0.1) is 6.10 Å². The zero-order valence-electron chi connectivity index (χ0n) is 11.9. The van der Waals surface area contributed by atoms with Crippen LogP contribution in [0, 0.1) is 17.8 Å². The van der Waals surface area contributed by atoms with E-state index in [1.54, 1.807) is 0 Å². The van der Waals surface area contributed by atoms with Crippen molar-refractivity contribution in [1.29, 1.82) is 0 Å². The molecule has 0 aromatic rings. The number of aliphatic hydroxyl groups excluding tert-OH is 1. The molecule has 4 heteroatoms. The van der Waals surface area contributed by atoms with Crippen LogP contribution in [0.15, 0.2) is 0 Å². The highest BCUT2D eigenvalue weighted by atomic mass is 16.3. The number of unbranched alkanes of at least 4 members (excludes halogenated alkanes) is 2. The van der Waals surface area contributed by atoms with Crippen LogP contribution in [0.3, 0.4) is 0 Å². The third-order valence-electron chi connectivity index (χ3n) is 3.97. The summed E-state index contributed by atoms with van der Waals surface area (Å²) in [6.45, 7) is 3.22. The molecule has 1 rings (SSSR count). The molecule has 1 aliphatic rings. The summed E-state index contributed by atoms with van der Waals surface area (Å²) in [4.78, 5) is 11.6. The highest BCUT2D eigenvalue weighted by Gasteiger charge is 2.35. The summed E-state index contributed by atoms with van der Waals surface area (Å²) in [6.07, 6.45) is 11.5. The van der Waals surface area contributed by atoms with E-state index in [1.807, 2.05) is 6.92 Å². The van der Waals surface area contributed by atoms with Crippen molar-refractivity contribution in [2.24, 2.45) is 5.41 Å². The minimum Gasteiger partial charge on any atom is -0.392 e. The number of amides is 2. The standard InChI is InChI=1S/C15H26N2O2/c1-3-4-5-8-11-16-14(19)17-12-15(2)10-7-6-9-13(15)18/h1,13,18H,4-12H2,2H3,(H2,16,17,19). The Hall–Kier alpha value is -1.21. The smallest absolute Gasteiger partial charge is 0.314 e. The van der Waals surface area contributed by atoms with Crippen LogP contribution in [0.5, 0.6) is 0 Å². The minimum absolute atomic E-state index is 0.153. The Balaban J connectivity index is 2.17. The first-order valence-electron chi connectivity index (χ1n) is 7.22. The fourth-order valence-electron chi connectivity index (χ4n) is 2.49. The Labute approximate surface area is 116 Å². The van der Waals surface area contributed by atoms with Gasteiger partial charge in [-0.15, -0.1) is 12.3 Å². The van der Waals surface area contributed by atoms with Crippen LogP contribution in [0.4, 0.5) is 4.79 Å². The molecule has 1 aliphatic carbocycles. The van der Waals surface area contributed by atoms with Crippen LogP contribution in [0.2, 0.25) is 0 Å². The van der Waals surface area contributed by atoms with E-state index in [-0.39, 0.29) is 17.6 Å². The third-order valence-corrected chi connectivity index (χ3v) is 3.97. The molecular weight excluding hydrogens is 240 g/mol. The highest BCUT2D eigenvalue weighted by Crippen LogP contribution is 2.35. The maximum absolute atomic E-state index is 11.6. The molecular formula is C15H26N2O2. The molecule has 2 atom stereocenters. The van der Waals surface area contributed by atoms with Crippen LogP contribution >= 0.6 is 0 Å². The average molecular weight is 266 g/mol. The van der Waals surface area contributed by atoms with Gasteiger partial charge in [-0.05, 0) is 25.7 Å². The SMILES string of the molecule is C#CCCCCNC(=O)NCC1(C)CCCCC1O. The summed E-state index contributed by atoms with van der Waals surface area (Å²) in [5, 5.41) is 15.7. The largest absolute Gasteiger partial charge is 0.392 e. The lowest BCUT2D eigenvalue weighted by Crippen LogP contribution is -2.47. The topological polar surface area (TPSA) is 61.4 Å². The minimum atomic E-state index is -0.308. The first-order chi connectivity index (χ1) is 9.08. The second kappa shape index (κ2) is 8.06. The Morgan fingerprint density at radius 3 is 2.89 bits per heavy atom. The number of hydrogen-bond acceptors (Lipinski definition) is 2. The fourth-order valence-corrected chi connectivity index (χ4v) is 2.49. The second-order valence-corrected chi connectivity index (χ2v) is 5.69. The third kappa shape index (κ3) is 5.52. The van der Waals surface area contributed by atoms with Crippen molar-refractivity contribution in [3.63, 3.8) is 0 Å². The molecule has 0 heterocycles. The van der Waals surface area contributed by atoms with E-state index < -0.39 is 0 Å². The molecule has 19 heavy (non-hydrogen) atoms. The van der Waals surface area contributed by atoms with Crippen molar-refractivity contribution in [3.8, 4) is 12.3 Å². The summed E-state index contributed by atoms with van der Waals surface area (Å²) >= 11 is 0. The van der Waals surface area contributed by atoms with Gasteiger partial charge in [0, 0.05) is 24.9 Å². The summed E-state index contributed by atoms with van der Waals surface area (Å²) in [7, 11) is 0.